The quantitative estimate of drug-likeness (QED) is 0.305. The van der Waals surface area contributed by atoms with Crippen molar-refractivity contribution in [2.24, 2.45) is 0 Å². The van der Waals surface area contributed by atoms with Crippen LogP contribution < -0.4 is 5.32 Å². The van der Waals surface area contributed by atoms with Crippen LogP contribution in [0, 0.1) is 20.8 Å². The van der Waals surface area contributed by atoms with Crippen LogP contribution >= 0.6 is 0 Å². The van der Waals surface area contributed by atoms with Crippen molar-refractivity contribution < 1.29 is 23.5 Å². The third-order valence-corrected chi connectivity index (χ3v) is 5.07. The summed E-state index contributed by atoms with van der Waals surface area (Å²) in [6, 6.07) is 11.3. The number of ether oxygens (including phenoxy) is 1. The number of ketones is 1. The van der Waals surface area contributed by atoms with Gasteiger partial charge in [-0.2, -0.15) is 5.10 Å². The number of carbonyl (C=O) groups excluding carboxylic acids is 3. The second-order valence-electron chi connectivity index (χ2n) is 7.77. The Morgan fingerprint density at radius 1 is 1.09 bits per heavy atom. The molecule has 8 heteroatoms. The molecule has 0 bridgehead atoms. The number of aromatic nitrogens is 2. The first-order chi connectivity index (χ1) is 15.7. The van der Waals surface area contributed by atoms with Gasteiger partial charge in [0.2, 0.25) is 11.7 Å². The lowest BCUT2D eigenvalue weighted by Crippen LogP contribution is -2.18. The molecule has 0 aliphatic heterocycles. The first-order valence-corrected chi connectivity index (χ1v) is 10.5. The van der Waals surface area contributed by atoms with Crippen LogP contribution in [0.5, 0.6) is 0 Å². The van der Waals surface area contributed by atoms with E-state index in [1.807, 2.05) is 25.5 Å². The third-order valence-electron chi connectivity index (χ3n) is 5.07. The van der Waals surface area contributed by atoms with E-state index in [9.17, 15) is 14.4 Å². The molecule has 1 amide bonds. The minimum Gasteiger partial charge on any atom is -0.456 e. The molecule has 2 aromatic heterocycles. The van der Waals surface area contributed by atoms with E-state index in [0.29, 0.717) is 12.3 Å². The maximum Gasteiger partial charge on any atom is 0.331 e. The molecule has 0 spiro atoms. The highest BCUT2D eigenvalue weighted by atomic mass is 16.5. The molecule has 8 nitrogen and oxygen atoms in total. The van der Waals surface area contributed by atoms with E-state index in [4.69, 9.17) is 9.15 Å². The van der Waals surface area contributed by atoms with Gasteiger partial charge in [-0.25, -0.2) is 4.79 Å². The number of esters is 1. The summed E-state index contributed by atoms with van der Waals surface area (Å²) in [6.45, 7) is 7.62. The number of hydrogen-bond donors (Lipinski definition) is 1. The van der Waals surface area contributed by atoms with Crippen LogP contribution in [0.1, 0.15) is 51.3 Å². The van der Waals surface area contributed by atoms with Crippen molar-refractivity contribution in [3.63, 3.8) is 0 Å². The fourth-order valence-electron chi connectivity index (χ4n) is 3.21. The van der Waals surface area contributed by atoms with Gasteiger partial charge in [-0.1, -0.05) is 29.8 Å². The predicted molar refractivity (Wildman–Crippen MR) is 123 cm³/mol. The molecule has 0 aliphatic carbocycles. The van der Waals surface area contributed by atoms with Crippen LogP contribution in [0.15, 0.2) is 46.9 Å². The number of amides is 1. The molecule has 2 heterocycles. The van der Waals surface area contributed by atoms with Gasteiger partial charge >= 0.3 is 5.97 Å². The lowest BCUT2D eigenvalue weighted by atomic mass is 10.1. The standard InChI is InChI=1S/C25H27N3O5/c1-16-5-7-20(8-6-16)14-28-18(3)22(17(2)27-28)10-12-25(31)32-15-23(30)24-11-9-21(33-24)13-26-19(4)29/h5-12H,13-15H2,1-4H3,(H,26,29)/b12-10+. The zero-order valence-corrected chi connectivity index (χ0v) is 19.2. The average Bonchev–Trinajstić information content (AvgIpc) is 3.35. The number of nitrogens with zero attached hydrogens (tertiary/aromatic N) is 2. The number of rotatable bonds is 9. The van der Waals surface area contributed by atoms with E-state index in [2.05, 4.69) is 34.7 Å². The van der Waals surface area contributed by atoms with E-state index >= 15 is 0 Å². The van der Waals surface area contributed by atoms with Gasteiger partial charge < -0.3 is 14.5 Å². The summed E-state index contributed by atoms with van der Waals surface area (Å²) >= 11 is 0. The van der Waals surface area contributed by atoms with Gasteiger partial charge in [-0.3, -0.25) is 14.3 Å². The highest BCUT2D eigenvalue weighted by Gasteiger charge is 2.14. The molecule has 3 aromatic rings. The van der Waals surface area contributed by atoms with Crippen molar-refractivity contribution in [2.75, 3.05) is 6.61 Å². The van der Waals surface area contributed by atoms with Gasteiger partial charge in [0.05, 0.1) is 18.8 Å². The minimum absolute atomic E-state index is 0.0659. The molecule has 172 valence electrons. The molecule has 0 saturated carbocycles. The van der Waals surface area contributed by atoms with Gasteiger partial charge in [-0.15, -0.1) is 0 Å². The van der Waals surface area contributed by atoms with E-state index in [1.165, 1.54) is 24.6 Å². The number of Topliss-reactive ketones (excluding diaryl/α,β-unsaturated/α-hetero) is 1. The zero-order chi connectivity index (χ0) is 24.0. The fraction of sp³-hybridized carbons (Fsp3) is 0.280. The highest BCUT2D eigenvalue weighted by Crippen LogP contribution is 2.17. The second-order valence-corrected chi connectivity index (χ2v) is 7.77. The van der Waals surface area contributed by atoms with Crippen LogP contribution in [0.3, 0.4) is 0 Å². The topological polar surface area (TPSA) is 103 Å². The number of benzene rings is 1. The van der Waals surface area contributed by atoms with Crippen molar-refractivity contribution in [1.29, 1.82) is 0 Å². The van der Waals surface area contributed by atoms with Gasteiger partial charge in [-0.05, 0) is 44.5 Å². The summed E-state index contributed by atoms with van der Waals surface area (Å²) in [5.41, 5.74) is 4.89. The van der Waals surface area contributed by atoms with E-state index in [1.54, 1.807) is 12.1 Å². The predicted octanol–water partition coefficient (Wildman–Crippen LogP) is 3.53. The summed E-state index contributed by atoms with van der Waals surface area (Å²) in [6.07, 6.45) is 2.93. The maximum atomic E-state index is 12.2. The molecular weight excluding hydrogens is 422 g/mol. The van der Waals surface area contributed by atoms with Crippen molar-refractivity contribution >= 4 is 23.7 Å². The lowest BCUT2D eigenvalue weighted by molar-refractivity contribution is -0.136. The summed E-state index contributed by atoms with van der Waals surface area (Å²) in [5.74, 6) is -0.807. The summed E-state index contributed by atoms with van der Waals surface area (Å²) in [4.78, 5) is 35.3. The Labute approximate surface area is 192 Å². The summed E-state index contributed by atoms with van der Waals surface area (Å²) in [7, 11) is 0. The van der Waals surface area contributed by atoms with Crippen LogP contribution in [0.2, 0.25) is 0 Å². The average molecular weight is 450 g/mol. The van der Waals surface area contributed by atoms with Crippen molar-refractivity contribution in [2.45, 2.75) is 40.8 Å². The monoisotopic (exact) mass is 449 g/mol. The normalized spacial score (nSPS) is 11.0. The lowest BCUT2D eigenvalue weighted by Gasteiger charge is -2.05. The maximum absolute atomic E-state index is 12.2. The summed E-state index contributed by atoms with van der Waals surface area (Å²) in [5, 5.41) is 7.15. The number of furan rings is 1. The molecule has 0 atom stereocenters. The molecule has 0 aliphatic rings. The third kappa shape index (κ3) is 6.52. The molecule has 0 unspecified atom stereocenters. The van der Waals surface area contributed by atoms with Crippen molar-refractivity contribution in [3.05, 3.63) is 82.1 Å². The Kier molecular flexibility index (Phi) is 7.61. The Balaban J connectivity index is 1.56. The number of aryl methyl sites for hydroxylation is 2. The molecule has 0 saturated heterocycles. The highest BCUT2D eigenvalue weighted by molar-refractivity contribution is 5.96. The number of hydrogen-bond acceptors (Lipinski definition) is 6. The smallest absolute Gasteiger partial charge is 0.331 e. The van der Waals surface area contributed by atoms with Crippen molar-refractivity contribution in [3.8, 4) is 0 Å². The van der Waals surface area contributed by atoms with Crippen LogP contribution in [0.4, 0.5) is 0 Å². The minimum atomic E-state index is -0.640. The molecular formula is C25H27N3O5. The van der Waals surface area contributed by atoms with E-state index in [0.717, 1.165) is 22.5 Å². The van der Waals surface area contributed by atoms with E-state index in [-0.39, 0.29) is 18.2 Å². The van der Waals surface area contributed by atoms with Crippen LogP contribution in [-0.4, -0.2) is 34.0 Å². The molecule has 33 heavy (non-hydrogen) atoms. The Hall–Kier alpha value is -3.94. The first-order valence-electron chi connectivity index (χ1n) is 10.5. The zero-order valence-electron chi connectivity index (χ0n) is 19.2. The van der Waals surface area contributed by atoms with Crippen LogP contribution in [0.25, 0.3) is 6.08 Å². The SMILES string of the molecule is CC(=O)NCc1ccc(C(=O)COC(=O)/C=C/c2c(C)nn(Cc3ccc(C)cc3)c2C)o1. The first kappa shape index (κ1) is 23.7. The second kappa shape index (κ2) is 10.6. The molecule has 0 fully saturated rings. The Morgan fingerprint density at radius 3 is 2.52 bits per heavy atom. The van der Waals surface area contributed by atoms with Crippen LogP contribution in [-0.2, 0) is 27.4 Å². The molecule has 1 aromatic carbocycles. The van der Waals surface area contributed by atoms with Gasteiger partial charge in [0.1, 0.15) is 5.76 Å². The molecule has 1 N–H and O–H groups in total. The largest absolute Gasteiger partial charge is 0.456 e. The molecule has 0 radical (unpaired) electrons. The fourth-order valence-corrected chi connectivity index (χ4v) is 3.21. The van der Waals surface area contributed by atoms with Crippen molar-refractivity contribution in [1.82, 2.24) is 15.1 Å². The van der Waals surface area contributed by atoms with Gasteiger partial charge in [0, 0.05) is 24.3 Å². The Morgan fingerprint density at radius 2 is 1.82 bits per heavy atom. The number of nitrogens with one attached hydrogen (secondary N) is 1. The Bertz CT molecular complexity index is 1190. The van der Waals surface area contributed by atoms with Gasteiger partial charge in [0.25, 0.3) is 0 Å². The molecule has 3 rings (SSSR count). The van der Waals surface area contributed by atoms with Gasteiger partial charge in [0.15, 0.2) is 12.4 Å². The number of carbonyl (C=O) groups is 3. The van der Waals surface area contributed by atoms with E-state index < -0.39 is 18.4 Å². The summed E-state index contributed by atoms with van der Waals surface area (Å²) < 4.78 is 12.3.